The lowest BCUT2D eigenvalue weighted by atomic mass is 10.2. The normalized spacial score (nSPS) is 11.1. The minimum atomic E-state index is 0.453. The van der Waals surface area contributed by atoms with Crippen molar-refractivity contribution in [1.82, 2.24) is 14.9 Å². The molecule has 2 aromatic carbocycles. The van der Waals surface area contributed by atoms with Crippen molar-refractivity contribution in [2.24, 2.45) is 5.10 Å². The molecule has 1 aromatic heterocycles. The van der Waals surface area contributed by atoms with Crippen LogP contribution in [0.25, 0.3) is 11.4 Å². The number of benzene rings is 2. The fourth-order valence-corrected chi connectivity index (χ4v) is 2.61. The van der Waals surface area contributed by atoms with Crippen LogP contribution in [0.15, 0.2) is 58.1 Å². The van der Waals surface area contributed by atoms with Crippen molar-refractivity contribution in [3.63, 3.8) is 0 Å². The molecule has 0 amide bonds. The number of H-pyrrole nitrogens is 1. The van der Waals surface area contributed by atoms with Gasteiger partial charge in [0.05, 0.1) is 6.21 Å². The molecule has 0 aliphatic heterocycles. The van der Waals surface area contributed by atoms with Crippen molar-refractivity contribution in [2.45, 2.75) is 0 Å². The van der Waals surface area contributed by atoms with Crippen molar-refractivity contribution in [3.05, 3.63) is 63.3 Å². The molecule has 5 nitrogen and oxygen atoms in total. The van der Waals surface area contributed by atoms with Crippen molar-refractivity contribution >= 4 is 40.0 Å². The lowest BCUT2D eigenvalue weighted by Gasteiger charge is -2.11. The summed E-state index contributed by atoms with van der Waals surface area (Å²) >= 11 is 8.71. The van der Waals surface area contributed by atoms with Gasteiger partial charge in [0, 0.05) is 29.8 Å². The molecule has 0 saturated carbocycles. The van der Waals surface area contributed by atoms with Gasteiger partial charge in [-0.1, -0.05) is 40.2 Å². The van der Waals surface area contributed by atoms with Gasteiger partial charge in [-0.05, 0) is 42.0 Å². The van der Waals surface area contributed by atoms with E-state index < -0.39 is 0 Å². The van der Waals surface area contributed by atoms with E-state index in [0.29, 0.717) is 10.6 Å². The Labute approximate surface area is 153 Å². The van der Waals surface area contributed by atoms with Gasteiger partial charge >= 0.3 is 0 Å². The van der Waals surface area contributed by atoms with Gasteiger partial charge in [-0.3, -0.25) is 0 Å². The highest BCUT2D eigenvalue weighted by Gasteiger charge is 2.07. The Bertz CT molecular complexity index is 907. The molecule has 3 aromatic rings. The topological polar surface area (TPSA) is 49.2 Å². The molecule has 3 rings (SSSR count). The maximum Gasteiger partial charge on any atom is 0.216 e. The number of rotatable bonds is 4. The maximum atomic E-state index is 5.28. The smallest absolute Gasteiger partial charge is 0.216 e. The maximum absolute atomic E-state index is 5.28. The molecule has 122 valence electrons. The van der Waals surface area contributed by atoms with E-state index in [0.717, 1.165) is 21.3 Å². The first-order chi connectivity index (χ1) is 11.5. The molecule has 0 spiro atoms. The summed E-state index contributed by atoms with van der Waals surface area (Å²) < 4.78 is 3.09. The van der Waals surface area contributed by atoms with Crippen LogP contribution in [0.2, 0.25) is 0 Å². The summed E-state index contributed by atoms with van der Waals surface area (Å²) in [6.45, 7) is 0. The summed E-state index contributed by atoms with van der Waals surface area (Å²) in [5.41, 5.74) is 3.07. The average molecular weight is 402 g/mol. The summed E-state index contributed by atoms with van der Waals surface area (Å²) in [4.78, 5) is 2.05. The molecule has 0 radical (unpaired) electrons. The third-order valence-corrected chi connectivity index (χ3v) is 4.28. The minimum absolute atomic E-state index is 0.453. The molecular weight excluding hydrogens is 386 g/mol. The molecule has 1 heterocycles. The second-order valence-corrected chi connectivity index (χ2v) is 6.70. The zero-order chi connectivity index (χ0) is 17.1. The van der Waals surface area contributed by atoms with Crippen molar-refractivity contribution < 1.29 is 0 Å². The van der Waals surface area contributed by atoms with E-state index in [2.05, 4.69) is 36.1 Å². The molecule has 0 saturated heterocycles. The van der Waals surface area contributed by atoms with E-state index in [4.69, 9.17) is 12.2 Å². The Balaban J connectivity index is 1.91. The largest absolute Gasteiger partial charge is 0.378 e. The number of nitrogens with zero attached hydrogens (tertiary/aromatic N) is 4. The van der Waals surface area contributed by atoms with Crippen LogP contribution in [0.1, 0.15) is 5.56 Å². The van der Waals surface area contributed by atoms with Crippen LogP contribution in [-0.2, 0) is 0 Å². The van der Waals surface area contributed by atoms with Gasteiger partial charge in [-0.15, -0.1) is 0 Å². The summed E-state index contributed by atoms with van der Waals surface area (Å²) in [7, 11) is 4.02. The van der Waals surface area contributed by atoms with Gasteiger partial charge in [0.25, 0.3) is 0 Å². The summed E-state index contributed by atoms with van der Waals surface area (Å²) in [6.07, 6.45) is 1.77. The predicted octanol–water partition coefficient (Wildman–Crippen LogP) is 4.32. The van der Waals surface area contributed by atoms with Gasteiger partial charge in [-0.2, -0.15) is 14.9 Å². The van der Waals surface area contributed by atoms with E-state index >= 15 is 0 Å². The third-order valence-electron chi connectivity index (χ3n) is 3.48. The molecule has 0 aliphatic rings. The molecule has 24 heavy (non-hydrogen) atoms. The average Bonchev–Trinajstić information content (AvgIpc) is 2.95. The first kappa shape index (κ1) is 16.6. The first-order valence-electron chi connectivity index (χ1n) is 7.30. The zero-order valence-corrected chi connectivity index (χ0v) is 15.7. The Morgan fingerprint density at radius 2 is 1.79 bits per heavy atom. The van der Waals surface area contributed by atoms with Gasteiger partial charge < -0.3 is 4.90 Å². The monoisotopic (exact) mass is 401 g/mol. The molecule has 0 aliphatic carbocycles. The Morgan fingerprint density at radius 3 is 2.42 bits per heavy atom. The number of hydrogen-bond acceptors (Lipinski definition) is 4. The standard InChI is InChI=1S/C17H16BrN5S/c1-22(2)15-9-3-12(4-10-15)11-19-23-16(20-21-17(23)24)13-5-7-14(18)8-6-13/h3-11H,1-2H3,(H,21,24). The van der Waals surface area contributed by atoms with Crippen molar-refractivity contribution in [1.29, 1.82) is 0 Å². The number of hydrogen-bond donors (Lipinski definition) is 1. The lowest BCUT2D eigenvalue weighted by Crippen LogP contribution is -2.08. The Kier molecular flexibility index (Phi) is 4.92. The quantitative estimate of drug-likeness (QED) is 0.523. The molecule has 0 bridgehead atoms. The fourth-order valence-electron chi connectivity index (χ4n) is 2.17. The lowest BCUT2D eigenvalue weighted by molar-refractivity contribution is 0.871. The van der Waals surface area contributed by atoms with Crippen LogP contribution >= 0.6 is 28.1 Å². The fraction of sp³-hybridized carbons (Fsp3) is 0.118. The predicted molar refractivity (Wildman–Crippen MR) is 104 cm³/mol. The van der Waals surface area contributed by atoms with Crippen LogP contribution in [0.4, 0.5) is 5.69 Å². The van der Waals surface area contributed by atoms with Crippen LogP contribution in [0, 0.1) is 4.77 Å². The van der Waals surface area contributed by atoms with E-state index in [1.165, 1.54) is 0 Å². The van der Waals surface area contributed by atoms with Gasteiger partial charge in [-0.25, -0.2) is 5.10 Å². The van der Waals surface area contributed by atoms with Crippen LogP contribution < -0.4 is 4.90 Å². The van der Waals surface area contributed by atoms with E-state index in [9.17, 15) is 0 Å². The number of nitrogens with one attached hydrogen (secondary N) is 1. The molecule has 7 heteroatoms. The highest BCUT2D eigenvalue weighted by Crippen LogP contribution is 2.20. The number of aromatic nitrogens is 3. The highest BCUT2D eigenvalue weighted by molar-refractivity contribution is 9.10. The zero-order valence-electron chi connectivity index (χ0n) is 13.3. The third kappa shape index (κ3) is 3.63. The van der Waals surface area contributed by atoms with E-state index in [-0.39, 0.29) is 0 Å². The van der Waals surface area contributed by atoms with E-state index in [1.54, 1.807) is 10.9 Å². The number of aromatic amines is 1. The number of halogens is 1. The summed E-state index contributed by atoms with van der Waals surface area (Å²) in [5, 5.41) is 11.5. The van der Waals surface area contributed by atoms with Gasteiger partial charge in [0.1, 0.15) is 0 Å². The number of anilines is 1. The SMILES string of the molecule is CN(C)c1ccc(C=Nn2c(-c3ccc(Br)cc3)n[nH]c2=S)cc1. The van der Waals surface area contributed by atoms with Gasteiger partial charge in [0.15, 0.2) is 5.82 Å². The van der Waals surface area contributed by atoms with Crippen LogP contribution in [0.5, 0.6) is 0 Å². The molecule has 0 unspecified atom stereocenters. The van der Waals surface area contributed by atoms with Gasteiger partial charge in [0.2, 0.25) is 4.77 Å². The van der Waals surface area contributed by atoms with E-state index in [1.807, 2.05) is 62.6 Å². The highest BCUT2D eigenvalue weighted by atomic mass is 79.9. The molecule has 0 fully saturated rings. The second kappa shape index (κ2) is 7.11. The summed E-state index contributed by atoms with van der Waals surface area (Å²) in [5.74, 6) is 0.675. The first-order valence-corrected chi connectivity index (χ1v) is 8.50. The molecular formula is C17H16BrN5S. The molecule has 1 N–H and O–H groups in total. The van der Waals surface area contributed by atoms with Crippen LogP contribution in [0.3, 0.4) is 0 Å². The Morgan fingerprint density at radius 1 is 1.12 bits per heavy atom. The minimum Gasteiger partial charge on any atom is -0.378 e. The van der Waals surface area contributed by atoms with Crippen molar-refractivity contribution in [2.75, 3.05) is 19.0 Å². The summed E-state index contributed by atoms with van der Waals surface area (Å²) in [6, 6.07) is 16.0. The van der Waals surface area contributed by atoms with Crippen LogP contribution in [-0.4, -0.2) is 35.2 Å². The second-order valence-electron chi connectivity index (χ2n) is 5.40. The van der Waals surface area contributed by atoms with Crippen molar-refractivity contribution in [3.8, 4) is 11.4 Å². The molecule has 0 atom stereocenters. The Hall–Kier alpha value is -2.25.